The number of nitrogens with zero attached hydrogens (tertiary/aromatic N) is 2. The molecule has 0 spiro atoms. The first-order valence-corrected chi connectivity index (χ1v) is 23.6. The largest absolute Gasteiger partial charge is 0.482 e. The van der Waals surface area contributed by atoms with Gasteiger partial charge in [-0.2, -0.15) is 0 Å². The van der Waals surface area contributed by atoms with Crippen LogP contribution in [0.15, 0.2) is 127 Å². The summed E-state index contributed by atoms with van der Waals surface area (Å²) in [6.07, 6.45) is 0. The van der Waals surface area contributed by atoms with Gasteiger partial charge in [0.1, 0.15) is 17.2 Å². The predicted molar refractivity (Wildman–Crippen MR) is 276 cm³/mol. The van der Waals surface area contributed by atoms with Crippen LogP contribution in [-0.4, -0.2) is 92.5 Å². The lowest BCUT2D eigenvalue weighted by atomic mass is 10.1. The summed E-state index contributed by atoms with van der Waals surface area (Å²) in [5.41, 5.74) is 23.4. The summed E-state index contributed by atoms with van der Waals surface area (Å²) in [7, 11) is 2.60. The summed E-state index contributed by atoms with van der Waals surface area (Å²) >= 11 is 3.30. The van der Waals surface area contributed by atoms with E-state index in [9.17, 15) is 43.2 Å². The lowest BCUT2D eigenvalue weighted by Gasteiger charge is -2.29. The number of hydrogen-bond acceptors (Lipinski definition) is 15. The molecule has 0 fully saturated rings. The zero-order valence-electron chi connectivity index (χ0n) is 40.5. The molecular weight excluding hydrogens is 1050 g/mol. The monoisotopic (exact) mass is 1100 g/mol. The second-order valence-corrected chi connectivity index (χ2v) is 16.8. The summed E-state index contributed by atoms with van der Waals surface area (Å²) in [6, 6.07) is 34.5. The zero-order valence-corrected chi connectivity index (χ0v) is 42.1. The molecule has 392 valence electrons. The third kappa shape index (κ3) is 14.3. The van der Waals surface area contributed by atoms with Crippen molar-refractivity contribution in [3.63, 3.8) is 0 Å². The highest BCUT2D eigenvalue weighted by Gasteiger charge is 2.29. The molecule has 0 atom stereocenters. The van der Waals surface area contributed by atoms with Crippen LogP contribution in [0.3, 0.4) is 0 Å². The Morgan fingerprint density at radius 3 is 1.32 bits per heavy atom. The molecule has 76 heavy (non-hydrogen) atoms. The van der Waals surface area contributed by atoms with Crippen molar-refractivity contribution in [2.24, 2.45) is 17.2 Å². The van der Waals surface area contributed by atoms with Crippen LogP contribution in [0.5, 0.6) is 17.2 Å². The molecule has 6 aromatic carbocycles. The minimum absolute atomic E-state index is 0.00453. The van der Waals surface area contributed by atoms with Crippen LogP contribution in [0, 0.1) is 0 Å². The number of nitrogens with one attached hydrogen (secondary N) is 2. The smallest absolute Gasteiger partial charge is 0.337 e. The van der Waals surface area contributed by atoms with E-state index < -0.39 is 29.7 Å². The van der Waals surface area contributed by atoms with E-state index in [0.29, 0.717) is 62.1 Å². The van der Waals surface area contributed by atoms with Crippen LogP contribution in [-0.2, 0) is 42.3 Å². The van der Waals surface area contributed by atoms with E-state index in [2.05, 4.69) is 26.0 Å². The van der Waals surface area contributed by atoms with Gasteiger partial charge in [-0.05, 0) is 108 Å². The van der Waals surface area contributed by atoms with Crippen molar-refractivity contribution in [3.05, 3.63) is 177 Å². The number of esters is 2. The maximum absolute atomic E-state index is 12.3. The zero-order chi connectivity index (χ0) is 55.1. The molecule has 3 heterocycles. The molecule has 9 rings (SSSR count). The average molecular weight is 1100 g/mol. The summed E-state index contributed by atoms with van der Waals surface area (Å²) in [4.78, 5) is 106. The van der Waals surface area contributed by atoms with Gasteiger partial charge in [-0.1, -0.05) is 52.3 Å². The highest BCUT2D eigenvalue weighted by Crippen LogP contribution is 2.36. The maximum atomic E-state index is 12.3. The van der Waals surface area contributed by atoms with E-state index >= 15 is 0 Å². The van der Waals surface area contributed by atoms with Crippen LogP contribution in [0.4, 0.5) is 17.1 Å². The molecule has 0 aliphatic carbocycles. The van der Waals surface area contributed by atoms with Crippen LogP contribution < -0.4 is 52.0 Å². The minimum atomic E-state index is -0.688. The second-order valence-electron chi connectivity index (χ2n) is 16.2. The first-order valence-electron chi connectivity index (χ1n) is 22.5. The van der Waals surface area contributed by atoms with E-state index in [1.54, 1.807) is 103 Å². The molecule has 0 saturated heterocycles. The number of rotatable bonds is 11. The number of fused-ring (bicyclic) bond motifs is 3. The van der Waals surface area contributed by atoms with Crippen LogP contribution >= 0.6 is 15.9 Å². The number of anilines is 3. The second kappa shape index (κ2) is 25.9. The Morgan fingerprint density at radius 2 is 0.908 bits per heavy atom. The molecule has 0 unspecified atom stereocenters. The van der Waals surface area contributed by atoms with Gasteiger partial charge >= 0.3 is 11.9 Å². The SMILES string of the molecule is COC(=O)c1ccc2c(c1)N(Cc1ccc(C(N)=O)cc1)C(=O)CO2.COC(=O)c1ccc2c(c1)NC(=O)CO2.NC(=O)c1ccc(CBr)cc1.NC(=O)c1ccc(CN2C(=O)COc3ccc(C(=O)NO)cc32)cc1. The standard InChI is InChI=1S/C18H16N2O5.C17H15N3O5.C10H9NO4.C8H8BrNO/c1-24-18(23)13-6-7-15-14(8-13)20(16(21)10-25-15)9-11-2-4-12(5-3-11)17(19)22;18-16(22)11-3-1-10(2-4-11)8-20-13-7-12(17(23)19-24)5-6-14(13)25-9-15(20)21;1-14-10(13)6-2-3-8-7(4-6)11-9(12)5-15-8;9-5-6-1-3-7(4-2-6)8(10)11/h2-8H,9-10H2,1H3,(H2,19,22);1-7,24H,8-9H2,(H2,18,22)(H,19,23);2-4H,5H2,1H3,(H,11,12);1-4H,5H2,(H2,10,11). The van der Waals surface area contributed by atoms with Crippen molar-refractivity contribution in [1.29, 1.82) is 0 Å². The molecule has 3 aliphatic heterocycles. The van der Waals surface area contributed by atoms with Crippen LogP contribution in [0.1, 0.15) is 78.8 Å². The lowest BCUT2D eigenvalue weighted by Crippen LogP contribution is -2.38. The first kappa shape index (κ1) is 55.7. The van der Waals surface area contributed by atoms with E-state index in [0.717, 1.165) is 22.0 Å². The van der Waals surface area contributed by atoms with Gasteiger partial charge < -0.3 is 56.0 Å². The number of primary amides is 3. The third-order valence-corrected chi connectivity index (χ3v) is 11.8. The Morgan fingerprint density at radius 1 is 0.539 bits per heavy atom. The number of alkyl halides is 1. The molecule has 0 radical (unpaired) electrons. The van der Waals surface area contributed by atoms with Gasteiger partial charge in [0, 0.05) is 27.6 Å². The van der Waals surface area contributed by atoms with Crippen molar-refractivity contribution in [2.45, 2.75) is 18.4 Å². The number of carbonyl (C=O) groups is 9. The fraction of sp³-hybridized carbons (Fsp3) is 0.151. The highest BCUT2D eigenvalue weighted by molar-refractivity contribution is 9.08. The summed E-state index contributed by atoms with van der Waals surface area (Å²) < 4.78 is 25.2. The van der Waals surface area contributed by atoms with Crippen LogP contribution in [0.25, 0.3) is 0 Å². The van der Waals surface area contributed by atoms with Gasteiger partial charge in [-0.25, -0.2) is 15.1 Å². The van der Waals surface area contributed by atoms with Crippen molar-refractivity contribution in [1.82, 2.24) is 5.48 Å². The van der Waals surface area contributed by atoms with Gasteiger partial charge in [0.05, 0.1) is 55.5 Å². The molecule has 3 aliphatic rings. The molecule has 7 amide bonds. The Balaban J connectivity index is 0.000000172. The highest BCUT2D eigenvalue weighted by atomic mass is 79.9. The number of hydroxylamine groups is 1. The summed E-state index contributed by atoms with van der Waals surface area (Å²) in [6.45, 7) is 0.323. The van der Waals surface area contributed by atoms with Crippen molar-refractivity contribution in [3.8, 4) is 17.2 Å². The number of hydrogen-bond donors (Lipinski definition) is 6. The molecular formula is C53H48BrN7O15. The number of methoxy groups -OCH3 is 2. The Hall–Kier alpha value is -9.61. The van der Waals surface area contributed by atoms with Gasteiger partial charge in [0.25, 0.3) is 23.6 Å². The van der Waals surface area contributed by atoms with E-state index in [-0.39, 0.29) is 62.1 Å². The molecule has 23 heteroatoms. The topological polar surface area (TPSA) is 329 Å². The number of nitrogens with two attached hydrogens (primary N) is 3. The minimum Gasteiger partial charge on any atom is -0.482 e. The molecule has 9 N–H and O–H groups in total. The number of carbonyl (C=O) groups excluding carboxylic acids is 9. The Kier molecular flexibility index (Phi) is 19.0. The van der Waals surface area contributed by atoms with Crippen molar-refractivity contribution < 1.29 is 72.0 Å². The molecule has 0 bridgehead atoms. The fourth-order valence-electron chi connectivity index (χ4n) is 7.20. The first-order chi connectivity index (χ1) is 36.4. The molecule has 0 saturated carbocycles. The van der Waals surface area contributed by atoms with Gasteiger partial charge in [0.2, 0.25) is 17.7 Å². The predicted octanol–water partition coefficient (Wildman–Crippen LogP) is 4.81. The molecule has 22 nitrogen and oxygen atoms in total. The number of halogens is 1. The van der Waals surface area contributed by atoms with Crippen molar-refractivity contribution >= 4 is 86.3 Å². The van der Waals surface area contributed by atoms with Crippen LogP contribution in [0.2, 0.25) is 0 Å². The van der Waals surface area contributed by atoms with Gasteiger partial charge in [-0.3, -0.25) is 38.8 Å². The normalized spacial score (nSPS) is 12.6. The fourth-order valence-corrected chi connectivity index (χ4v) is 7.58. The Bertz CT molecular complexity index is 3050. The van der Waals surface area contributed by atoms with E-state index in [1.165, 1.54) is 42.2 Å². The number of ether oxygens (including phenoxy) is 5. The average Bonchev–Trinajstić information content (AvgIpc) is 3.44. The third-order valence-electron chi connectivity index (χ3n) is 11.2. The number of benzene rings is 6. The molecule has 6 aromatic rings. The van der Waals surface area contributed by atoms with E-state index in [1.807, 2.05) is 12.1 Å². The van der Waals surface area contributed by atoms with Gasteiger partial charge in [0.15, 0.2) is 19.8 Å². The summed E-state index contributed by atoms with van der Waals surface area (Å²) in [5, 5.41) is 12.2. The Labute approximate surface area is 441 Å². The van der Waals surface area contributed by atoms with Crippen molar-refractivity contribution in [2.75, 3.05) is 49.2 Å². The maximum Gasteiger partial charge on any atom is 0.337 e. The quantitative estimate of drug-likeness (QED) is 0.0439. The lowest BCUT2D eigenvalue weighted by molar-refractivity contribution is -0.122. The summed E-state index contributed by atoms with van der Waals surface area (Å²) in [5.74, 6) is -2.25. The number of amides is 7. The van der Waals surface area contributed by atoms with Gasteiger partial charge in [-0.15, -0.1) is 0 Å². The molecule has 0 aromatic heterocycles. The van der Waals surface area contributed by atoms with E-state index in [4.69, 9.17) is 41.4 Å².